The van der Waals surface area contributed by atoms with Gasteiger partial charge >= 0.3 is 0 Å². The Balaban J connectivity index is 1.98. The molecule has 1 saturated heterocycles. The fourth-order valence-electron chi connectivity index (χ4n) is 2.59. The molecule has 0 spiro atoms. The van der Waals surface area contributed by atoms with E-state index >= 15 is 0 Å². The summed E-state index contributed by atoms with van der Waals surface area (Å²) in [4.78, 5) is 25.4. The number of aryl methyl sites for hydroxylation is 1. The lowest BCUT2D eigenvalue weighted by atomic mass is 10.1. The van der Waals surface area contributed by atoms with Gasteiger partial charge in [-0.05, 0) is 57.1 Å². The van der Waals surface area contributed by atoms with Gasteiger partial charge in [0.2, 0.25) is 11.8 Å². The number of nitrogens with one attached hydrogen (secondary N) is 2. The maximum Gasteiger partial charge on any atom is 0.227 e. The van der Waals surface area contributed by atoms with E-state index in [0.717, 1.165) is 42.9 Å². The average Bonchev–Trinajstić information content (AvgIpc) is 2.85. The van der Waals surface area contributed by atoms with Crippen molar-refractivity contribution < 1.29 is 9.59 Å². The van der Waals surface area contributed by atoms with E-state index < -0.39 is 0 Å². The van der Waals surface area contributed by atoms with Crippen molar-refractivity contribution in [2.24, 2.45) is 0 Å². The summed E-state index contributed by atoms with van der Waals surface area (Å²) >= 11 is 0. The summed E-state index contributed by atoms with van der Waals surface area (Å²) in [7, 11) is 1.87. The topological polar surface area (TPSA) is 61.4 Å². The second kappa shape index (κ2) is 7.22. The SMILES string of the molecule is CNCCCC(=O)Nc1ccc(N2CCCC2=O)c(C)c1. The zero-order valence-electron chi connectivity index (χ0n) is 12.7. The molecule has 0 radical (unpaired) electrons. The Hall–Kier alpha value is -1.88. The van der Waals surface area contributed by atoms with Crippen LogP contribution in [0.15, 0.2) is 18.2 Å². The summed E-state index contributed by atoms with van der Waals surface area (Å²) in [6, 6.07) is 5.71. The quantitative estimate of drug-likeness (QED) is 0.788. The fourth-order valence-corrected chi connectivity index (χ4v) is 2.59. The maximum atomic E-state index is 11.8. The van der Waals surface area contributed by atoms with Crippen molar-refractivity contribution in [1.82, 2.24) is 5.32 Å². The lowest BCUT2D eigenvalue weighted by Gasteiger charge is -2.19. The third-order valence-corrected chi connectivity index (χ3v) is 3.68. The van der Waals surface area contributed by atoms with Crippen LogP contribution in [0, 0.1) is 6.92 Å². The first-order valence-corrected chi connectivity index (χ1v) is 7.47. The van der Waals surface area contributed by atoms with Crippen LogP contribution in [-0.4, -0.2) is 32.0 Å². The fraction of sp³-hybridized carbons (Fsp3) is 0.500. The van der Waals surface area contributed by atoms with Crippen molar-refractivity contribution in [3.63, 3.8) is 0 Å². The third-order valence-electron chi connectivity index (χ3n) is 3.68. The van der Waals surface area contributed by atoms with Crippen molar-refractivity contribution in [3.8, 4) is 0 Å². The molecule has 0 unspecified atom stereocenters. The van der Waals surface area contributed by atoms with Crippen LogP contribution < -0.4 is 15.5 Å². The van der Waals surface area contributed by atoms with Gasteiger partial charge in [0, 0.05) is 30.8 Å². The summed E-state index contributed by atoms with van der Waals surface area (Å²) in [5.41, 5.74) is 2.75. The highest BCUT2D eigenvalue weighted by molar-refractivity contribution is 5.97. The molecule has 0 aromatic heterocycles. The second-order valence-corrected chi connectivity index (χ2v) is 5.41. The molecule has 1 aromatic carbocycles. The van der Waals surface area contributed by atoms with Gasteiger partial charge in [-0.25, -0.2) is 0 Å². The zero-order chi connectivity index (χ0) is 15.2. The van der Waals surface area contributed by atoms with Gasteiger partial charge in [-0.2, -0.15) is 0 Å². The highest BCUT2D eigenvalue weighted by Crippen LogP contribution is 2.27. The smallest absolute Gasteiger partial charge is 0.227 e. The zero-order valence-corrected chi connectivity index (χ0v) is 12.7. The first-order chi connectivity index (χ1) is 10.1. The van der Waals surface area contributed by atoms with Crippen LogP contribution >= 0.6 is 0 Å². The van der Waals surface area contributed by atoms with Crippen molar-refractivity contribution in [3.05, 3.63) is 23.8 Å². The van der Waals surface area contributed by atoms with Crippen LogP contribution in [0.5, 0.6) is 0 Å². The van der Waals surface area contributed by atoms with E-state index in [4.69, 9.17) is 0 Å². The Morgan fingerprint density at radius 2 is 2.19 bits per heavy atom. The lowest BCUT2D eigenvalue weighted by Crippen LogP contribution is -2.24. The van der Waals surface area contributed by atoms with Gasteiger partial charge < -0.3 is 15.5 Å². The van der Waals surface area contributed by atoms with Gasteiger partial charge in [0.15, 0.2) is 0 Å². The Kier molecular flexibility index (Phi) is 5.33. The Morgan fingerprint density at radius 3 is 2.81 bits per heavy atom. The molecule has 114 valence electrons. The first-order valence-electron chi connectivity index (χ1n) is 7.47. The number of carbonyl (C=O) groups excluding carboxylic acids is 2. The van der Waals surface area contributed by atoms with E-state index in [1.165, 1.54) is 0 Å². The normalized spacial score (nSPS) is 14.6. The molecule has 2 N–H and O–H groups in total. The Morgan fingerprint density at radius 1 is 1.38 bits per heavy atom. The Labute approximate surface area is 125 Å². The highest BCUT2D eigenvalue weighted by Gasteiger charge is 2.22. The number of anilines is 2. The van der Waals surface area contributed by atoms with Crippen molar-refractivity contribution in [1.29, 1.82) is 0 Å². The predicted molar refractivity (Wildman–Crippen MR) is 84.6 cm³/mol. The first kappa shape index (κ1) is 15.5. The number of hydrogen-bond acceptors (Lipinski definition) is 3. The van der Waals surface area contributed by atoms with E-state index in [2.05, 4.69) is 10.6 Å². The molecule has 1 fully saturated rings. The molecule has 1 aliphatic heterocycles. The minimum Gasteiger partial charge on any atom is -0.326 e. The van der Waals surface area contributed by atoms with Crippen LogP contribution in [0.3, 0.4) is 0 Å². The molecule has 0 atom stereocenters. The number of nitrogens with zero attached hydrogens (tertiary/aromatic N) is 1. The molecule has 5 nitrogen and oxygen atoms in total. The molecule has 1 heterocycles. The summed E-state index contributed by atoms with van der Waals surface area (Å²) in [5, 5.41) is 5.92. The second-order valence-electron chi connectivity index (χ2n) is 5.41. The van der Waals surface area contributed by atoms with E-state index in [1.807, 2.05) is 37.1 Å². The molecule has 1 aliphatic rings. The van der Waals surface area contributed by atoms with E-state index in [1.54, 1.807) is 0 Å². The number of carbonyl (C=O) groups is 2. The minimum absolute atomic E-state index is 0.0228. The standard InChI is InChI=1S/C16H23N3O2/c1-12-11-13(18-15(20)5-3-9-17-2)7-8-14(12)19-10-4-6-16(19)21/h7-8,11,17H,3-6,9-10H2,1-2H3,(H,18,20). The lowest BCUT2D eigenvalue weighted by molar-refractivity contribution is -0.117. The van der Waals surface area contributed by atoms with E-state index in [9.17, 15) is 9.59 Å². The molecule has 2 amide bonds. The van der Waals surface area contributed by atoms with Gasteiger partial charge in [0.1, 0.15) is 0 Å². The van der Waals surface area contributed by atoms with Crippen LogP contribution in [0.2, 0.25) is 0 Å². The summed E-state index contributed by atoms with van der Waals surface area (Å²) in [5.74, 6) is 0.205. The summed E-state index contributed by atoms with van der Waals surface area (Å²) in [6.45, 7) is 3.59. The molecular weight excluding hydrogens is 266 g/mol. The molecule has 21 heavy (non-hydrogen) atoms. The molecular formula is C16H23N3O2. The van der Waals surface area contributed by atoms with Gasteiger partial charge in [0.25, 0.3) is 0 Å². The number of rotatable bonds is 6. The average molecular weight is 289 g/mol. The number of amides is 2. The molecule has 0 saturated carbocycles. The summed E-state index contributed by atoms with van der Waals surface area (Å²) in [6.07, 6.45) is 2.87. The maximum absolute atomic E-state index is 11.8. The molecule has 0 bridgehead atoms. The predicted octanol–water partition coefficient (Wildman–Crippen LogP) is 2.06. The van der Waals surface area contributed by atoms with Crippen LogP contribution in [0.1, 0.15) is 31.2 Å². The highest BCUT2D eigenvalue weighted by atomic mass is 16.2. The van der Waals surface area contributed by atoms with E-state index in [-0.39, 0.29) is 11.8 Å². The largest absolute Gasteiger partial charge is 0.326 e. The molecule has 0 aliphatic carbocycles. The van der Waals surface area contributed by atoms with Crippen molar-refractivity contribution in [2.75, 3.05) is 30.4 Å². The number of hydrogen-bond donors (Lipinski definition) is 2. The van der Waals surface area contributed by atoms with Gasteiger partial charge in [-0.15, -0.1) is 0 Å². The van der Waals surface area contributed by atoms with Crippen molar-refractivity contribution >= 4 is 23.2 Å². The van der Waals surface area contributed by atoms with E-state index in [0.29, 0.717) is 12.8 Å². The summed E-state index contributed by atoms with van der Waals surface area (Å²) < 4.78 is 0. The van der Waals surface area contributed by atoms with Crippen molar-refractivity contribution in [2.45, 2.75) is 32.6 Å². The third kappa shape index (κ3) is 4.04. The van der Waals surface area contributed by atoms with Gasteiger partial charge in [0.05, 0.1) is 0 Å². The molecule has 5 heteroatoms. The van der Waals surface area contributed by atoms with Gasteiger partial charge in [-0.1, -0.05) is 0 Å². The Bertz CT molecular complexity index is 528. The number of benzene rings is 1. The van der Waals surface area contributed by atoms with Gasteiger partial charge in [-0.3, -0.25) is 9.59 Å². The van der Waals surface area contributed by atoms with Crippen LogP contribution in [-0.2, 0) is 9.59 Å². The monoisotopic (exact) mass is 289 g/mol. The molecule has 2 rings (SSSR count). The molecule has 1 aromatic rings. The minimum atomic E-state index is 0.0228. The van der Waals surface area contributed by atoms with Crippen LogP contribution in [0.25, 0.3) is 0 Å². The van der Waals surface area contributed by atoms with Crippen LogP contribution in [0.4, 0.5) is 11.4 Å².